The number of aliphatic hydroxyl groups excluding tert-OH is 1. The summed E-state index contributed by atoms with van der Waals surface area (Å²) in [7, 11) is 0. The van der Waals surface area contributed by atoms with Crippen molar-refractivity contribution in [3.05, 3.63) is 64.7 Å². The van der Waals surface area contributed by atoms with Gasteiger partial charge in [0.1, 0.15) is 12.4 Å². The highest BCUT2D eigenvalue weighted by atomic mass is 16.5. The number of rotatable bonds is 7. The number of aliphatic hydroxyl groups is 1. The zero-order valence-corrected chi connectivity index (χ0v) is 21.3. The molecule has 1 amide bonds. The quantitative estimate of drug-likeness (QED) is 0.571. The van der Waals surface area contributed by atoms with Crippen molar-refractivity contribution >= 4 is 5.91 Å². The fourth-order valence-electron chi connectivity index (χ4n) is 4.95. The average Bonchev–Trinajstić information content (AvgIpc) is 2.90. The molecule has 0 radical (unpaired) electrons. The Bertz CT molecular complexity index is 960. The molecule has 2 aromatic rings. The van der Waals surface area contributed by atoms with Crippen molar-refractivity contribution in [3.63, 3.8) is 0 Å². The SMILES string of the molecule is O=C(NCCCCCO)c1ccc2c(c1)Cc1cccc(c1)CN(C1CCOCC1)CCOCCO2. The molecular formula is C29H40N2O5. The fraction of sp³-hybridized carbons (Fsp3) is 0.552. The fourth-order valence-corrected chi connectivity index (χ4v) is 4.95. The van der Waals surface area contributed by atoms with E-state index >= 15 is 0 Å². The van der Waals surface area contributed by atoms with Gasteiger partial charge in [-0.1, -0.05) is 24.3 Å². The standard InChI is InChI=1S/C29H40N2O5/c32-13-3-1-2-11-30-29(33)25-7-8-28-26(21-25)20-23-5-4-6-24(19-23)22-31(12-16-35-17-18-36-28)27-9-14-34-15-10-27/h4-8,19,21,27,32H,1-3,9-18,20,22H2,(H,30,33). The van der Waals surface area contributed by atoms with E-state index < -0.39 is 0 Å². The summed E-state index contributed by atoms with van der Waals surface area (Å²) in [6.07, 6.45) is 5.34. The Morgan fingerprint density at radius 1 is 0.944 bits per heavy atom. The van der Waals surface area contributed by atoms with E-state index in [0.29, 0.717) is 44.4 Å². The number of carbonyl (C=O) groups excluding carboxylic acids is 1. The molecule has 0 aliphatic carbocycles. The van der Waals surface area contributed by atoms with Gasteiger partial charge in [-0.05, 0) is 67.0 Å². The predicted octanol–water partition coefficient (Wildman–Crippen LogP) is 3.56. The number of carbonyl (C=O) groups is 1. The number of hydrogen-bond acceptors (Lipinski definition) is 6. The average molecular weight is 497 g/mol. The lowest BCUT2D eigenvalue weighted by Gasteiger charge is -2.34. The van der Waals surface area contributed by atoms with Crippen LogP contribution in [0.25, 0.3) is 0 Å². The summed E-state index contributed by atoms with van der Waals surface area (Å²) in [5.74, 6) is 0.717. The van der Waals surface area contributed by atoms with Gasteiger partial charge in [0.2, 0.25) is 0 Å². The summed E-state index contributed by atoms with van der Waals surface area (Å²) in [4.78, 5) is 15.3. The molecule has 0 unspecified atom stereocenters. The van der Waals surface area contributed by atoms with Gasteiger partial charge in [0.05, 0.1) is 13.2 Å². The Morgan fingerprint density at radius 2 is 1.78 bits per heavy atom. The second-order valence-electron chi connectivity index (χ2n) is 9.63. The lowest BCUT2D eigenvalue weighted by atomic mass is 9.99. The van der Waals surface area contributed by atoms with Crippen molar-refractivity contribution in [1.82, 2.24) is 10.2 Å². The van der Waals surface area contributed by atoms with Gasteiger partial charge in [-0.2, -0.15) is 0 Å². The minimum atomic E-state index is -0.0783. The van der Waals surface area contributed by atoms with Crippen LogP contribution in [0.5, 0.6) is 5.75 Å². The van der Waals surface area contributed by atoms with Crippen LogP contribution in [-0.2, 0) is 22.4 Å². The molecule has 4 rings (SSSR count). The van der Waals surface area contributed by atoms with Gasteiger partial charge < -0.3 is 24.6 Å². The highest BCUT2D eigenvalue weighted by Crippen LogP contribution is 2.25. The van der Waals surface area contributed by atoms with Crippen LogP contribution in [0.4, 0.5) is 0 Å². The van der Waals surface area contributed by atoms with Crippen LogP contribution < -0.4 is 10.1 Å². The van der Waals surface area contributed by atoms with Crippen LogP contribution in [0.15, 0.2) is 42.5 Å². The number of hydrogen-bond donors (Lipinski definition) is 2. The third kappa shape index (κ3) is 8.03. The van der Waals surface area contributed by atoms with Crippen molar-refractivity contribution < 1.29 is 24.1 Å². The van der Waals surface area contributed by atoms with Gasteiger partial charge in [-0.3, -0.25) is 9.69 Å². The molecule has 2 heterocycles. The summed E-state index contributed by atoms with van der Waals surface area (Å²) in [5, 5.41) is 11.9. The first kappa shape index (κ1) is 26.6. The smallest absolute Gasteiger partial charge is 0.251 e. The Balaban J connectivity index is 1.50. The van der Waals surface area contributed by atoms with E-state index in [1.165, 1.54) is 11.1 Å². The minimum Gasteiger partial charge on any atom is -0.491 e. The topological polar surface area (TPSA) is 80.3 Å². The normalized spacial score (nSPS) is 18.0. The molecule has 2 aliphatic heterocycles. The molecule has 0 atom stereocenters. The molecular weight excluding hydrogens is 456 g/mol. The van der Waals surface area contributed by atoms with Crippen molar-refractivity contribution in [2.45, 2.75) is 51.1 Å². The lowest BCUT2D eigenvalue weighted by molar-refractivity contribution is 0.0133. The molecule has 1 saturated heterocycles. The van der Waals surface area contributed by atoms with E-state index in [9.17, 15) is 4.79 Å². The summed E-state index contributed by atoms with van der Waals surface area (Å²) in [6.45, 7) is 5.91. The highest BCUT2D eigenvalue weighted by Gasteiger charge is 2.22. The maximum atomic E-state index is 12.8. The number of ether oxygens (including phenoxy) is 3. The monoisotopic (exact) mass is 496 g/mol. The Morgan fingerprint density at radius 3 is 2.64 bits per heavy atom. The summed E-state index contributed by atoms with van der Waals surface area (Å²) in [5.41, 5.74) is 4.13. The number of amides is 1. The van der Waals surface area contributed by atoms with Crippen LogP contribution in [0.3, 0.4) is 0 Å². The zero-order valence-electron chi connectivity index (χ0n) is 21.3. The second kappa shape index (κ2) is 14.3. The summed E-state index contributed by atoms with van der Waals surface area (Å²) >= 11 is 0. The molecule has 0 spiro atoms. The van der Waals surface area contributed by atoms with Gasteiger partial charge in [-0.15, -0.1) is 0 Å². The van der Waals surface area contributed by atoms with Gasteiger partial charge in [-0.25, -0.2) is 0 Å². The molecule has 196 valence electrons. The van der Waals surface area contributed by atoms with E-state index in [2.05, 4.69) is 34.5 Å². The predicted molar refractivity (Wildman–Crippen MR) is 140 cm³/mol. The third-order valence-corrected chi connectivity index (χ3v) is 6.93. The maximum Gasteiger partial charge on any atom is 0.251 e. The second-order valence-corrected chi connectivity index (χ2v) is 9.63. The van der Waals surface area contributed by atoms with Gasteiger partial charge in [0.25, 0.3) is 5.91 Å². The Labute approximate surface area is 214 Å². The number of fused-ring (bicyclic) bond motifs is 3. The van der Waals surface area contributed by atoms with Crippen molar-refractivity contribution in [1.29, 1.82) is 0 Å². The van der Waals surface area contributed by atoms with Gasteiger partial charge >= 0.3 is 0 Å². The molecule has 2 bridgehead atoms. The molecule has 7 heteroatoms. The Hall–Kier alpha value is -2.45. The van der Waals surface area contributed by atoms with Crippen LogP contribution in [0, 0.1) is 0 Å². The van der Waals surface area contributed by atoms with E-state index in [-0.39, 0.29) is 12.5 Å². The number of nitrogens with one attached hydrogen (secondary N) is 1. The van der Waals surface area contributed by atoms with Gasteiger partial charge in [0, 0.05) is 57.5 Å². The molecule has 36 heavy (non-hydrogen) atoms. The summed E-state index contributed by atoms with van der Waals surface area (Å²) < 4.78 is 17.6. The molecule has 2 aliphatic rings. The molecule has 2 aromatic carbocycles. The molecule has 2 N–H and O–H groups in total. The molecule has 1 fully saturated rings. The highest BCUT2D eigenvalue weighted by molar-refractivity contribution is 5.94. The first-order valence-electron chi connectivity index (χ1n) is 13.3. The molecule has 0 aromatic heterocycles. The van der Waals surface area contributed by atoms with Crippen molar-refractivity contribution in [3.8, 4) is 5.75 Å². The number of unbranched alkanes of at least 4 members (excludes halogenated alkanes) is 2. The van der Waals surface area contributed by atoms with Crippen molar-refractivity contribution in [2.75, 3.05) is 52.7 Å². The van der Waals surface area contributed by atoms with Crippen LogP contribution in [-0.4, -0.2) is 74.7 Å². The van der Waals surface area contributed by atoms with Crippen molar-refractivity contribution in [2.24, 2.45) is 0 Å². The maximum absolute atomic E-state index is 12.8. The lowest BCUT2D eigenvalue weighted by Crippen LogP contribution is -2.41. The van der Waals surface area contributed by atoms with E-state index in [1.807, 2.05) is 18.2 Å². The number of benzene rings is 2. The molecule has 0 saturated carbocycles. The van der Waals surface area contributed by atoms with Crippen LogP contribution >= 0.6 is 0 Å². The largest absolute Gasteiger partial charge is 0.491 e. The van der Waals surface area contributed by atoms with Crippen LogP contribution in [0.2, 0.25) is 0 Å². The zero-order chi connectivity index (χ0) is 25.0. The minimum absolute atomic E-state index is 0.0783. The van der Waals surface area contributed by atoms with E-state index in [0.717, 1.165) is 69.7 Å². The van der Waals surface area contributed by atoms with Gasteiger partial charge in [0.15, 0.2) is 0 Å². The Kier molecular flexibility index (Phi) is 10.6. The van der Waals surface area contributed by atoms with E-state index in [1.54, 1.807) is 0 Å². The van der Waals surface area contributed by atoms with Crippen LogP contribution in [0.1, 0.15) is 59.2 Å². The third-order valence-electron chi connectivity index (χ3n) is 6.93. The molecule has 7 nitrogen and oxygen atoms in total. The van der Waals surface area contributed by atoms with E-state index in [4.69, 9.17) is 19.3 Å². The summed E-state index contributed by atoms with van der Waals surface area (Å²) in [6, 6.07) is 14.9. The first-order valence-corrected chi connectivity index (χ1v) is 13.3. The number of nitrogens with zero attached hydrogens (tertiary/aromatic N) is 1. The first-order chi connectivity index (χ1) is 17.7.